The Morgan fingerprint density at radius 2 is 2.00 bits per heavy atom. The quantitative estimate of drug-likeness (QED) is 0.875. The van der Waals surface area contributed by atoms with Crippen molar-refractivity contribution in [1.82, 2.24) is 5.32 Å². The largest absolute Gasteiger partial charge is 0.392 e. The van der Waals surface area contributed by atoms with Crippen molar-refractivity contribution in [2.75, 3.05) is 6.54 Å². The molecule has 0 aliphatic carbocycles. The van der Waals surface area contributed by atoms with Crippen LogP contribution in [-0.4, -0.2) is 17.8 Å². The number of halogens is 2. The van der Waals surface area contributed by atoms with Crippen LogP contribution in [0.15, 0.2) is 22.7 Å². The Balaban J connectivity index is 2.58. The molecule has 0 saturated carbocycles. The van der Waals surface area contributed by atoms with Crippen LogP contribution in [0.5, 0.6) is 0 Å². The molecule has 17 heavy (non-hydrogen) atoms. The number of benzene rings is 1. The number of nitrogens with one attached hydrogen (secondary N) is 1. The van der Waals surface area contributed by atoms with Crippen LogP contribution < -0.4 is 5.32 Å². The van der Waals surface area contributed by atoms with Crippen molar-refractivity contribution in [3.8, 4) is 0 Å². The Morgan fingerprint density at radius 1 is 1.35 bits per heavy atom. The second kappa shape index (κ2) is 6.47. The first-order valence-electron chi connectivity index (χ1n) is 5.78. The number of aliphatic hydroxyl groups excluding tert-OH is 1. The highest BCUT2D eigenvalue weighted by atomic mass is 79.9. The zero-order chi connectivity index (χ0) is 13.0. The van der Waals surface area contributed by atoms with Crippen LogP contribution in [0, 0.1) is 11.7 Å². The summed E-state index contributed by atoms with van der Waals surface area (Å²) >= 11 is 3.17. The molecule has 2 N–H and O–H groups in total. The summed E-state index contributed by atoms with van der Waals surface area (Å²) in [5.41, 5.74) is 0.995. The zero-order valence-corrected chi connectivity index (χ0v) is 12.0. The molecule has 1 rings (SSSR count). The van der Waals surface area contributed by atoms with Gasteiger partial charge >= 0.3 is 0 Å². The van der Waals surface area contributed by atoms with Crippen LogP contribution in [-0.2, 0) is 0 Å². The van der Waals surface area contributed by atoms with Crippen LogP contribution in [0.4, 0.5) is 4.39 Å². The molecule has 2 unspecified atom stereocenters. The van der Waals surface area contributed by atoms with Crippen molar-refractivity contribution in [3.63, 3.8) is 0 Å². The smallest absolute Gasteiger partial charge is 0.137 e. The Kier molecular flexibility index (Phi) is 5.56. The third-order valence-electron chi connectivity index (χ3n) is 2.85. The molecule has 2 nitrogen and oxygen atoms in total. The van der Waals surface area contributed by atoms with E-state index in [2.05, 4.69) is 21.2 Å². The van der Waals surface area contributed by atoms with Crippen molar-refractivity contribution in [2.24, 2.45) is 5.92 Å². The van der Waals surface area contributed by atoms with Crippen molar-refractivity contribution < 1.29 is 9.50 Å². The third kappa shape index (κ3) is 4.37. The van der Waals surface area contributed by atoms with E-state index in [1.54, 1.807) is 12.1 Å². The lowest BCUT2D eigenvalue weighted by molar-refractivity contribution is 0.120. The number of rotatable bonds is 5. The van der Waals surface area contributed by atoms with Crippen molar-refractivity contribution >= 4 is 15.9 Å². The normalized spacial score (nSPS) is 15.0. The first kappa shape index (κ1) is 14.6. The minimum absolute atomic E-state index is 0.0836. The Morgan fingerprint density at radius 3 is 2.53 bits per heavy atom. The average Bonchev–Trinajstić information content (AvgIpc) is 2.28. The van der Waals surface area contributed by atoms with Crippen molar-refractivity contribution in [2.45, 2.75) is 32.9 Å². The first-order valence-corrected chi connectivity index (χ1v) is 6.57. The monoisotopic (exact) mass is 303 g/mol. The van der Waals surface area contributed by atoms with Crippen LogP contribution >= 0.6 is 15.9 Å². The van der Waals surface area contributed by atoms with Gasteiger partial charge in [0.25, 0.3) is 0 Å². The molecule has 0 fully saturated rings. The molecule has 0 saturated heterocycles. The fourth-order valence-corrected chi connectivity index (χ4v) is 1.83. The van der Waals surface area contributed by atoms with Gasteiger partial charge in [0.1, 0.15) is 5.82 Å². The van der Waals surface area contributed by atoms with Crippen LogP contribution in [0.1, 0.15) is 32.4 Å². The highest BCUT2D eigenvalue weighted by molar-refractivity contribution is 9.10. The molecule has 4 heteroatoms. The second-order valence-corrected chi connectivity index (χ2v) is 5.47. The summed E-state index contributed by atoms with van der Waals surface area (Å²) in [7, 11) is 0. The van der Waals surface area contributed by atoms with Gasteiger partial charge in [-0.1, -0.05) is 19.9 Å². The lowest BCUT2D eigenvalue weighted by Gasteiger charge is -2.19. The fraction of sp³-hybridized carbons (Fsp3) is 0.538. The van der Waals surface area contributed by atoms with E-state index in [1.165, 1.54) is 6.07 Å². The zero-order valence-electron chi connectivity index (χ0n) is 10.4. The molecule has 0 amide bonds. The summed E-state index contributed by atoms with van der Waals surface area (Å²) in [4.78, 5) is 0. The van der Waals surface area contributed by atoms with Gasteiger partial charge in [0.2, 0.25) is 0 Å². The molecule has 0 bridgehead atoms. The van der Waals surface area contributed by atoms with Crippen molar-refractivity contribution in [1.29, 1.82) is 0 Å². The molecule has 0 spiro atoms. The maximum atomic E-state index is 13.1. The summed E-state index contributed by atoms with van der Waals surface area (Å²) < 4.78 is 13.5. The first-order chi connectivity index (χ1) is 7.91. The minimum Gasteiger partial charge on any atom is -0.392 e. The Bertz CT molecular complexity index is 370. The van der Waals surface area contributed by atoms with E-state index in [0.29, 0.717) is 11.0 Å². The molecule has 0 aliphatic rings. The van der Waals surface area contributed by atoms with Gasteiger partial charge in [-0.15, -0.1) is 0 Å². The van der Waals surface area contributed by atoms with Crippen molar-refractivity contribution in [3.05, 3.63) is 34.1 Å². The number of hydrogen-bond acceptors (Lipinski definition) is 2. The second-order valence-electron chi connectivity index (χ2n) is 4.61. The molecule has 0 radical (unpaired) electrons. The number of hydrogen-bond donors (Lipinski definition) is 2. The van der Waals surface area contributed by atoms with E-state index < -0.39 is 0 Å². The lowest BCUT2D eigenvalue weighted by atomic mass is 10.1. The van der Waals surface area contributed by atoms with Gasteiger partial charge in [-0.25, -0.2) is 4.39 Å². The van der Waals surface area contributed by atoms with E-state index in [0.717, 1.165) is 5.56 Å². The summed E-state index contributed by atoms with van der Waals surface area (Å²) in [5.74, 6) is -0.0298. The van der Waals surface area contributed by atoms with Crippen LogP contribution in [0.25, 0.3) is 0 Å². The topological polar surface area (TPSA) is 32.3 Å². The SMILES string of the molecule is CC(NCC(O)C(C)C)c1ccc(F)c(Br)c1. The van der Waals surface area contributed by atoms with E-state index in [-0.39, 0.29) is 23.9 Å². The molecular formula is C13H19BrFNO. The summed E-state index contributed by atoms with van der Waals surface area (Å²) in [6, 6.07) is 5.03. The lowest BCUT2D eigenvalue weighted by Crippen LogP contribution is -2.32. The molecule has 1 aromatic rings. The van der Waals surface area contributed by atoms with E-state index >= 15 is 0 Å². The Hall–Kier alpha value is -0.450. The van der Waals surface area contributed by atoms with Crippen LogP contribution in [0.3, 0.4) is 0 Å². The summed E-state index contributed by atoms with van der Waals surface area (Å²) in [6.45, 7) is 6.48. The van der Waals surface area contributed by atoms with Gasteiger partial charge in [0.15, 0.2) is 0 Å². The van der Waals surface area contributed by atoms with E-state index in [4.69, 9.17) is 0 Å². The van der Waals surface area contributed by atoms with Crippen LogP contribution in [0.2, 0.25) is 0 Å². The predicted octanol–water partition coefficient (Wildman–Crippen LogP) is 3.26. The Labute approximate surface area is 110 Å². The predicted molar refractivity (Wildman–Crippen MR) is 71.4 cm³/mol. The van der Waals surface area contributed by atoms with E-state index in [1.807, 2.05) is 20.8 Å². The maximum absolute atomic E-state index is 13.1. The molecule has 2 atom stereocenters. The fourth-order valence-electron chi connectivity index (χ4n) is 1.43. The highest BCUT2D eigenvalue weighted by Crippen LogP contribution is 2.21. The molecule has 0 aromatic heterocycles. The van der Waals surface area contributed by atoms with Gasteiger partial charge < -0.3 is 10.4 Å². The number of aliphatic hydroxyl groups is 1. The third-order valence-corrected chi connectivity index (χ3v) is 3.45. The van der Waals surface area contributed by atoms with Gasteiger partial charge in [0.05, 0.1) is 10.6 Å². The summed E-state index contributed by atoms with van der Waals surface area (Å²) in [6.07, 6.45) is -0.360. The standard InChI is InChI=1S/C13H19BrFNO/c1-8(2)13(17)7-16-9(3)10-4-5-12(15)11(14)6-10/h4-6,8-9,13,16-17H,7H2,1-3H3. The average molecular weight is 304 g/mol. The molecular weight excluding hydrogens is 285 g/mol. The molecule has 96 valence electrons. The van der Waals surface area contributed by atoms with Gasteiger partial charge in [-0.3, -0.25) is 0 Å². The van der Waals surface area contributed by atoms with Gasteiger partial charge in [-0.2, -0.15) is 0 Å². The summed E-state index contributed by atoms with van der Waals surface area (Å²) in [5, 5.41) is 12.9. The van der Waals surface area contributed by atoms with Gasteiger partial charge in [-0.05, 0) is 46.5 Å². The molecule has 1 aromatic carbocycles. The molecule has 0 aliphatic heterocycles. The maximum Gasteiger partial charge on any atom is 0.137 e. The highest BCUT2D eigenvalue weighted by Gasteiger charge is 2.12. The van der Waals surface area contributed by atoms with Gasteiger partial charge in [0, 0.05) is 12.6 Å². The molecule has 0 heterocycles. The minimum atomic E-state index is -0.360. The van der Waals surface area contributed by atoms with E-state index in [9.17, 15) is 9.50 Å².